The van der Waals surface area contributed by atoms with Crippen LogP contribution >= 0.6 is 12.2 Å². The molecule has 128 valence electrons. The third kappa shape index (κ3) is 4.45. The molecular weight excluding hydrogens is 330 g/mol. The number of nitrogens with one attached hydrogen (secondary N) is 3. The van der Waals surface area contributed by atoms with Gasteiger partial charge in [-0.2, -0.15) is 0 Å². The van der Waals surface area contributed by atoms with Crippen molar-refractivity contribution in [2.24, 2.45) is 0 Å². The molecular formula is C20H21N3OS. The van der Waals surface area contributed by atoms with Gasteiger partial charge in [0, 0.05) is 11.4 Å². The van der Waals surface area contributed by atoms with Crippen molar-refractivity contribution in [1.29, 1.82) is 0 Å². The highest BCUT2D eigenvalue weighted by molar-refractivity contribution is 7.80. The maximum Gasteiger partial charge on any atom is 0.255 e. The third-order valence-corrected chi connectivity index (χ3v) is 4.42. The number of thiocarbonyl (C=S) groups is 1. The number of carbonyl (C=O) groups is 1. The zero-order valence-electron chi connectivity index (χ0n) is 14.1. The maximum atomic E-state index is 12.8. The molecule has 0 aromatic heterocycles. The highest BCUT2D eigenvalue weighted by atomic mass is 32.1. The number of anilines is 1. The topological polar surface area (TPSA) is 53.2 Å². The Morgan fingerprint density at radius 2 is 1.72 bits per heavy atom. The van der Waals surface area contributed by atoms with Crippen LogP contribution in [0.15, 0.2) is 71.9 Å². The van der Waals surface area contributed by atoms with Gasteiger partial charge in [0.25, 0.3) is 5.91 Å². The van der Waals surface area contributed by atoms with Gasteiger partial charge >= 0.3 is 0 Å². The molecule has 0 bridgehead atoms. The summed E-state index contributed by atoms with van der Waals surface area (Å²) >= 11 is 5.27. The van der Waals surface area contributed by atoms with Crippen molar-refractivity contribution in [3.8, 4) is 0 Å². The van der Waals surface area contributed by atoms with E-state index >= 15 is 0 Å². The SMILES string of the molecule is CC1=C(C(=O)Nc2ccccc2)C(CCc2ccccc2)NC(=S)N1. The van der Waals surface area contributed by atoms with Gasteiger partial charge in [0.15, 0.2) is 5.11 Å². The Hall–Kier alpha value is -2.66. The van der Waals surface area contributed by atoms with Gasteiger partial charge in [0.2, 0.25) is 0 Å². The first-order valence-corrected chi connectivity index (χ1v) is 8.73. The standard InChI is InChI=1S/C20H21N3OS/c1-14-18(19(24)22-16-10-6-3-7-11-16)17(23-20(25)21-14)13-12-15-8-4-2-5-9-15/h2-11,17H,12-13H2,1H3,(H,22,24)(H2,21,23,25). The number of para-hydroxylation sites is 1. The van der Waals surface area contributed by atoms with Gasteiger partial charge in [-0.05, 0) is 49.7 Å². The Balaban J connectivity index is 1.76. The maximum absolute atomic E-state index is 12.8. The molecule has 2 aromatic carbocycles. The van der Waals surface area contributed by atoms with E-state index in [9.17, 15) is 4.79 Å². The Morgan fingerprint density at radius 3 is 2.40 bits per heavy atom. The van der Waals surface area contributed by atoms with Crippen molar-refractivity contribution in [3.05, 3.63) is 77.5 Å². The largest absolute Gasteiger partial charge is 0.355 e. The van der Waals surface area contributed by atoms with Crippen molar-refractivity contribution in [3.63, 3.8) is 0 Å². The van der Waals surface area contributed by atoms with Gasteiger partial charge in [-0.3, -0.25) is 4.79 Å². The Labute approximate surface area is 153 Å². The summed E-state index contributed by atoms with van der Waals surface area (Å²) in [6.45, 7) is 1.89. The van der Waals surface area contributed by atoms with Crippen LogP contribution in [0.2, 0.25) is 0 Å². The van der Waals surface area contributed by atoms with E-state index < -0.39 is 0 Å². The number of rotatable bonds is 5. The average molecular weight is 351 g/mol. The highest BCUT2D eigenvalue weighted by Crippen LogP contribution is 2.19. The minimum absolute atomic E-state index is 0.107. The van der Waals surface area contributed by atoms with E-state index in [2.05, 4.69) is 28.1 Å². The lowest BCUT2D eigenvalue weighted by atomic mass is 9.95. The number of carbonyl (C=O) groups excluding carboxylic acids is 1. The van der Waals surface area contributed by atoms with Crippen molar-refractivity contribution < 1.29 is 4.79 Å². The van der Waals surface area contributed by atoms with Crippen LogP contribution in [0.5, 0.6) is 0 Å². The fourth-order valence-electron chi connectivity index (χ4n) is 2.99. The van der Waals surface area contributed by atoms with Crippen LogP contribution in [0.3, 0.4) is 0 Å². The Kier molecular flexibility index (Phi) is 5.46. The summed E-state index contributed by atoms with van der Waals surface area (Å²) in [7, 11) is 0. The second-order valence-electron chi connectivity index (χ2n) is 6.03. The molecule has 1 aliphatic rings. The molecule has 1 amide bonds. The molecule has 3 N–H and O–H groups in total. The van der Waals surface area contributed by atoms with E-state index in [1.165, 1.54) is 5.56 Å². The lowest BCUT2D eigenvalue weighted by Gasteiger charge is -2.30. The Morgan fingerprint density at radius 1 is 1.08 bits per heavy atom. The molecule has 25 heavy (non-hydrogen) atoms. The minimum atomic E-state index is -0.113. The predicted molar refractivity (Wildman–Crippen MR) is 105 cm³/mol. The van der Waals surface area contributed by atoms with Crippen LogP contribution in [-0.4, -0.2) is 17.1 Å². The van der Waals surface area contributed by atoms with E-state index in [0.717, 1.165) is 24.2 Å². The van der Waals surface area contributed by atoms with Crippen LogP contribution in [0.25, 0.3) is 0 Å². The summed E-state index contributed by atoms with van der Waals surface area (Å²) in [4.78, 5) is 12.8. The quantitative estimate of drug-likeness (QED) is 0.723. The fraction of sp³-hybridized carbons (Fsp3) is 0.200. The Bertz CT molecular complexity index is 787. The normalized spacial score (nSPS) is 16.8. The van der Waals surface area contributed by atoms with Crippen molar-refractivity contribution in [1.82, 2.24) is 10.6 Å². The van der Waals surface area contributed by atoms with Crippen molar-refractivity contribution >= 4 is 28.9 Å². The molecule has 1 aliphatic heterocycles. The second kappa shape index (κ2) is 7.94. The molecule has 5 heteroatoms. The number of amides is 1. The van der Waals surface area contributed by atoms with E-state index in [0.29, 0.717) is 10.7 Å². The molecule has 0 spiro atoms. The number of benzene rings is 2. The lowest BCUT2D eigenvalue weighted by molar-refractivity contribution is -0.113. The van der Waals surface area contributed by atoms with E-state index in [1.807, 2.05) is 55.5 Å². The number of allylic oxidation sites excluding steroid dienone is 1. The van der Waals surface area contributed by atoms with Crippen molar-refractivity contribution in [2.75, 3.05) is 5.32 Å². The summed E-state index contributed by atoms with van der Waals surface area (Å²) in [5, 5.41) is 9.83. The molecule has 3 rings (SSSR count). The zero-order chi connectivity index (χ0) is 17.6. The van der Waals surface area contributed by atoms with Crippen LogP contribution < -0.4 is 16.0 Å². The first-order valence-electron chi connectivity index (χ1n) is 8.32. The van der Waals surface area contributed by atoms with Gasteiger partial charge in [-0.25, -0.2) is 0 Å². The van der Waals surface area contributed by atoms with E-state index in [1.54, 1.807) is 0 Å². The van der Waals surface area contributed by atoms with Gasteiger partial charge in [-0.15, -0.1) is 0 Å². The van der Waals surface area contributed by atoms with Crippen LogP contribution in [-0.2, 0) is 11.2 Å². The molecule has 0 aliphatic carbocycles. The summed E-state index contributed by atoms with van der Waals surface area (Å²) in [6, 6.07) is 19.6. The van der Waals surface area contributed by atoms with Crippen molar-refractivity contribution in [2.45, 2.75) is 25.8 Å². The summed E-state index contributed by atoms with van der Waals surface area (Å²) in [5.74, 6) is -0.107. The lowest BCUT2D eigenvalue weighted by Crippen LogP contribution is -2.50. The minimum Gasteiger partial charge on any atom is -0.355 e. The van der Waals surface area contributed by atoms with Crippen LogP contribution in [0.1, 0.15) is 18.9 Å². The van der Waals surface area contributed by atoms with Crippen LogP contribution in [0, 0.1) is 0 Å². The summed E-state index contributed by atoms with van der Waals surface area (Å²) < 4.78 is 0. The van der Waals surface area contributed by atoms with Gasteiger partial charge < -0.3 is 16.0 Å². The first-order chi connectivity index (χ1) is 12.1. The third-order valence-electron chi connectivity index (χ3n) is 4.20. The average Bonchev–Trinajstić information content (AvgIpc) is 2.61. The highest BCUT2D eigenvalue weighted by Gasteiger charge is 2.28. The van der Waals surface area contributed by atoms with E-state index in [4.69, 9.17) is 12.2 Å². The molecule has 0 fully saturated rings. The number of aryl methyl sites for hydroxylation is 1. The molecule has 1 heterocycles. The summed E-state index contributed by atoms with van der Waals surface area (Å²) in [5.41, 5.74) is 3.53. The molecule has 1 unspecified atom stereocenters. The van der Waals surface area contributed by atoms with E-state index in [-0.39, 0.29) is 11.9 Å². The van der Waals surface area contributed by atoms with Gasteiger partial charge in [0.1, 0.15) is 0 Å². The summed E-state index contributed by atoms with van der Waals surface area (Å²) in [6.07, 6.45) is 1.66. The molecule has 1 atom stereocenters. The monoisotopic (exact) mass is 351 g/mol. The second-order valence-corrected chi connectivity index (χ2v) is 6.44. The number of hydrogen-bond acceptors (Lipinski definition) is 2. The zero-order valence-corrected chi connectivity index (χ0v) is 14.9. The van der Waals surface area contributed by atoms with Gasteiger partial charge in [0.05, 0.1) is 11.6 Å². The molecule has 0 saturated carbocycles. The van der Waals surface area contributed by atoms with Gasteiger partial charge in [-0.1, -0.05) is 48.5 Å². The smallest absolute Gasteiger partial charge is 0.255 e. The first kappa shape index (κ1) is 17.2. The molecule has 4 nitrogen and oxygen atoms in total. The fourth-order valence-corrected chi connectivity index (χ4v) is 3.28. The molecule has 0 saturated heterocycles. The molecule has 2 aromatic rings. The number of hydrogen-bond donors (Lipinski definition) is 3. The predicted octanol–water partition coefficient (Wildman–Crippen LogP) is 3.38. The van der Waals surface area contributed by atoms with Crippen LogP contribution in [0.4, 0.5) is 5.69 Å². The molecule has 0 radical (unpaired) electrons.